The van der Waals surface area contributed by atoms with Crippen molar-refractivity contribution in [2.75, 3.05) is 0 Å². The van der Waals surface area contributed by atoms with Gasteiger partial charge in [-0.3, -0.25) is 0 Å². The molecule has 80 valence electrons. The van der Waals surface area contributed by atoms with Crippen LogP contribution in [0.4, 0.5) is 0 Å². The van der Waals surface area contributed by atoms with Crippen LogP contribution in [0.3, 0.4) is 0 Å². The molecule has 2 atom stereocenters. The van der Waals surface area contributed by atoms with Gasteiger partial charge < -0.3 is 10.3 Å². The minimum Gasteiger partial charge on any atom is -0.361 e. The molecule has 2 N–H and O–H groups in total. The van der Waals surface area contributed by atoms with E-state index >= 15 is 0 Å². The molecular weight excluding hydrogens is 176 g/mol. The summed E-state index contributed by atoms with van der Waals surface area (Å²) >= 11 is 0. The van der Waals surface area contributed by atoms with Crippen LogP contribution in [-0.2, 0) is 6.42 Å². The molecular formula is C11H20N2O. The number of nitrogens with zero attached hydrogens (tertiary/aromatic N) is 1. The summed E-state index contributed by atoms with van der Waals surface area (Å²) in [7, 11) is 0. The molecule has 0 radical (unpaired) electrons. The largest absolute Gasteiger partial charge is 0.361 e. The second-order valence-corrected chi connectivity index (χ2v) is 3.90. The zero-order valence-electron chi connectivity index (χ0n) is 9.29. The predicted molar refractivity (Wildman–Crippen MR) is 57.2 cm³/mol. The highest BCUT2D eigenvalue weighted by Crippen LogP contribution is 2.19. The van der Waals surface area contributed by atoms with E-state index in [4.69, 9.17) is 10.3 Å². The molecule has 0 saturated heterocycles. The van der Waals surface area contributed by atoms with Gasteiger partial charge in [-0.05, 0) is 12.8 Å². The Balaban J connectivity index is 2.59. The van der Waals surface area contributed by atoms with Crippen molar-refractivity contribution in [1.82, 2.24) is 5.16 Å². The number of rotatable bonds is 5. The molecule has 0 amide bonds. The lowest BCUT2D eigenvalue weighted by Crippen LogP contribution is -2.21. The Morgan fingerprint density at radius 3 is 2.71 bits per heavy atom. The summed E-state index contributed by atoms with van der Waals surface area (Å²) in [6.07, 6.45) is 2.87. The van der Waals surface area contributed by atoms with Crippen molar-refractivity contribution in [1.29, 1.82) is 0 Å². The fourth-order valence-corrected chi connectivity index (χ4v) is 1.27. The van der Waals surface area contributed by atoms with Crippen molar-refractivity contribution < 1.29 is 4.52 Å². The molecule has 2 unspecified atom stereocenters. The molecule has 0 saturated carbocycles. The highest BCUT2D eigenvalue weighted by atomic mass is 16.5. The third kappa shape index (κ3) is 2.84. The average molecular weight is 196 g/mol. The third-order valence-corrected chi connectivity index (χ3v) is 2.67. The van der Waals surface area contributed by atoms with Gasteiger partial charge in [-0.1, -0.05) is 25.9 Å². The van der Waals surface area contributed by atoms with E-state index in [0.717, 1.165) is 30.7 Å². The SMILES string of the molecule is CCC(N)Cc1cc(C(C)CC)on1. The Bertz CT molecular complexity index is 270. The van der Waals surface area contributed by atoms with Gasteiger partial charge in [-0.2, -0.15) is 0 Å². The highest BCUT2D eigenvalue weighted by Gasteiger charge is 2.11. The molecule has 3 heteroatoms. The molecule has 0 spiro atoms. The van der Waals surface area contributed by atoms with E-state index in [2.05, 4.69) is 25.9 Å². The fraction of sp³-hybridized carbons (Fsp3) is 0.727. The van der Waals surface area contributed by atoms with E-state index in [-0.39, 0.29) is 6.04 Å². The van der Waals surface area contributed by atoms with Crippen molar-refractivity contribution in [3.63, 3.8) is 0 Å². The quantitative estimate of drug-likeness (QED) is 0.787. The lowest BCUT2D eigenvalue weighted by Gasteiger charge is -2.03. The van der Waals surface area contributed by atoms with Gasteiger partial charge in [0, 0.05) is 24.4 Å². The molecule has 0 aliphatic rings. The Hall–Kier alpha value is -0.830. The van der Waals surface area contributed by atoms with Crippen molar-refractivity contribution in [2.24, 2.45) is 5.73 Å². The predicted octanol–water partition coefficient (Wildman–Crippen LogP) is 2.47. The van der Waals surface area contributed by atoms with Crippen LogP contribution in [-0.4, -0.2) is 11.2 Å². The second-order valence-electron chi connectivity index (χ2n) is 3.90. The zero-order chi connectivity index (χ0) is 10.6. The Kier molecular flexibility index (Phi) is 4.14. The van der Waals surface area contributed by atoms with Crippen LogP contribution in [0.25, 0.3) is 0 Å². The Morgan fingerprint density at radius 1 is 1.43 bits per heavy atom. The molecule has 1 heterocycles. The summed E-state index contributed by atoms with van der Waals surface area (Å²) in [6, 6.07) is 2.23. The van der Waals surface area contributed by atoms with Gasteiger partial charge >= 0.3 is 0 Å². The standard InChI is InChI=1S/C11H20N2O/c1-4-8(3)11-7-10(13-14-11)6-9(12)5-2/h7-9H,4-6,12H2,1-3H3. The topological polar surface area (TPSA) is 52.0 Å². The fourth-order valence-electron chi connectivity index (χ4n) is 1.27. The van der Waals surface area contributed by atoms with Crippen LogP contribution in [0.15, 0.2) is 10.6 Å². The van der Waals surface area contributed by atoms with Gasteiger partial charge in [0.25, 0.3) is 0 Å². The highest BCUT2D eigenvalue weighted by molar-refractivity contribution is 5.10. The van der Waals surface area contributed by atoms with Crippen molar-refractivity contribution in [3.8, 4) is 0 Å². The van der Waals surface area contributed by atoms with Crippen LogP contribution >= 0.6 is 0 Å². The van der Waals surface area contributed by atoms with Crippen LogP contribution in [0, 0.1) is 0 Å². The number of nitrogens with two attached hydrogens (primary N) is 1. The zero-order valence-corrected chi connectivity index (χ0v) is 9.29. The van der Waals surface area contributed by atoms with Crippen LogP contribution < -0.4 is 5.73 Å². The lowest BCUT2D eigenvalue weighted by molar-refractivity contribution is 0.356. The second kappa shape index (κ2) is 5.15. The first kappa shape index (κ1) is 11.2. The normalized spacial score (nSPS) is 15.4. The van der Waals surface area contributed by atoms with E-state index < -0.39 is 0 Å². The Morgan fingerprint density at radius 2 is 2.14 bits per heavy atom. The van der Waals surface area contributed by atoms with Gasteiger partial charge in [0.2, 0.25) is 0 Å². The minimum absolute atomic E-state index is 0.199. The van der Waals surface area contributed by atoms with Gasteiger partial charge in [0.15, 0.2) is 0 Å². The maximum Gasteiger partial charge on any atom is 0.139 e. The van der Waals surface area contributed by atoms with Gasteiger partial charge in [-0.25, -0.2) is 0 Å². The van der Waals surface area contributed by atoms with Gasteiger partial charge in [-0.15, -0.1) is 0 Å². The molecule has 1 aromatic heterocycles. The van der Waals surface area contributed by atoms with E-state index in [0.29, 0.717) is 5.92 Å². The molecule has 3 nitrogen and oxygen atoms in total. The Labute approximate surface area is 85.7 Å². The number of aromatic nitrogens is 1. The summed E-state index contributed by atoms with van der Waals surface area (Å²) in [5.41, 5.74) is 6.82. The number of hydrogen-bond acceptors (Lipinski definition) is 3. The molecule has 0 aliphatic carbocycles. The summed E-state index contributed by atoms with van der Waals surface area (Å²) in [4.78, 5) is 0. The third-order valence-electron chi connectivity index (χ3n) is 2.67. The van der Waals surface area contributed by atoms with Crippen LogP contribution in [0.1, 0.15) is 51.0 Å². The van der Waals surface area contributed by atoms with Gasteiger partial charge in [0.05, 0.1) is 5.69 Å². The molecule has 0 fully saturated rings. The van der Waals surface area contributed by atoms with E-state index in [1.54, 1.807) is 0 Å². The maximum atomic E-state index is 5.84. The number of hydrogen-bond donors (Lipinski definition) is 1. The van der Waals surface area contributed by atoms with Crippen molar-refractivity contribution >= 4 is 0 Å². The first-order chi connectivity index (χ1) is 6.67. The van der Waals surface area contributed by atoms with E-state index in [1.165, 1.54) is 0 Å². The molecule has 14 heavy (non-hydrogen) atoms. The minimum atomic E-state index is 0.199. The van der Waals surface area contributed by atoms with Crippen molar-refractivity contribution in [3.05, 3.63) is 17.5 Å². The summed E-state index contributed by atoms with van der Waals surface area (Å²) < 4.78 is 5.26. The first-order valence-corrected chi connectivity index (χ1v) is 5.38. The smallest absolute Gasteiger partial charge is 0.139 e. The summed E-state index contributed by atoms with van der Waals surface area (Å²) in [6.45, 7) is 6.37. The molecule has 0 aliphatic heterocycles. The van der Waals surface area contributed by atoms with Crippen LogP contribution in [0.2, 0.25) is 0 Å². The lowest BCUT2D eigenvalue weighted by atomic mass is 10.0. The van der Waals surface area contributed by atoms with E-state index in [9.17, 15) is 0 Å². The average Bonchev–Trinajstić information content (AvgIpc) is 2.65. The monoisotopic (exact) mass is 196 g/mol. The molecule has 1 rings (SSSR count). The summed E-state index contributed by atoms with van der Waals surface area (Å²) in [5.74, 6) is 1.43. The molecule has 1 aromatic rings. The van der Waals surface area contributed by atoms with Gasteiger partial charge in [0.1, 0.15) is 5.76 Å². The molecule has 0 aromatic carbocycles. The summed E-state index contributed by atoms with van der Waals surface area (Å²) in [5, 5.41) is 4.02. The van der Waals surface area contributed by atoms with Crippen molar-refractivity contribution in [2.45, 2.75) is 52.0 Å². The van der Waals surface area contributed by atoms with Crippen LogP contribution in [0.5, 0.6) is 0 Å². The van der Waals surface area contributed by atoms with E-state index in [1.807, 2.05) is 6.07 Å². The maximum absolute atomic E-state index is 5.84. The first-order valence-electron chi connectivity index (χ1n) is 5.38. The molecule has 0 bridgehead atoms.